The fraction of sp³-hybridized carbons (Fsp3) is 1.00. The molecule has 2 nitrogen and oxygen atoms in total. The Bertz CT molecular complexity index is 190. The smallest absolute Gasteiger partial charge is 0.00385 e. The molecule has 0 rings (SSSR count). The first-order valence-corrected chi connectivity index (χ1v) is 8.47. The Morgan fingerprint density at radius 2 is 1.53 bits per heavy atom. The quantitative estimate of drug-likeness (QED) is 0.536. The Kier molecular flexibility index (Phi) is 11.7. The molecule has 0 aromatic carbocycles. The van der Waals surface area contributed by atoms with Crippen molar-refractivity contribution >= 4 is 0 Å². The molecule has 0 fully saturated rings. The summed E-state index contributed by atoms with van der Waals surface area (Å²) in [6.45, 7) is 15.0. The van der Waals surface area contributed by atoms with Crippen LogP contribution >= 0.6 is 0 Å². The van der Waals surface area contributed by atoms with Crippen LogP contribution in [0, 0.1) is 11.8 Å². The molecular weight excluding hydrogens is 232 g/mol. The van der Waals surface area contributed by atoms with Gasteiger partial charge in [0.2, 0.25) is 0 Å². The molecule has 2 N–H and O–H groups in total. The zero-order valence-corrected chi connectivity index (χ0v) is 14.1. The van der Waals surface area contributed by atoms with E-state index in [0.717, 1.165) is 18.4 Å². The van der Waals surface area contributed by atoms with Gasteiger partial charge in [-0.25, -0.2) is 0 Å². The molecule has 1 unspecified atom stereocenters. The zero-order chi connectivity index (χ0) is 14.7. The second-order valence-corrected chi connectivity index (χ2v) is 6.56. The molecule has 116 valence electrons. The lowest BCUT2D eigenvalue weighted by molar-refractivity contribution is 0.202. The van der Waals surface area contributed by atoms with Gasteiger partial charge in [0.05, 0.1) is 0 Å². The van der Waals surface area contributed by atoms with E-state index >= 15 is 0 Å². The Balaban J connectivity index is 3.95. The third-order valence-electron chi connectivity index (χ3n) is 4.28. The summed E-state index contributed by atoms with van der Waals surface area (Å²) in [7, 11) is 0. The van der Waals surface area contributed by atoms with Gasteiger partial charge < -0.3 is 10.6 Å². The Morgan fingerprint density at radius 3 is 2.00 bits per heavy atom. The summed E-state index contributed by atoms with van der Waals surface area (Å²) in [6, 6.07) is 0.684. The van der Waals surface area contributed by atoms with Gasteiger partial charge in [0.25, 0.3) is 0 Å². The molecule has 0 amide bonds. The summed E-state index contributed by atoms with van der Waals surface area (Å²) < 4.78 is 0. The lowest BCUT2D eigenvalue weighted by atomic mass is 9.88. The average molecular weight is 271 g/mol. The average Bonchev–Trinajstić information content (AvgIpc) is 2.35. The molecule has 0 aliphatic rings. The highest BCUT2D eigenvalue weighted by molar-refractivity contribution is 4.68. The molecule has 0 heterocycles. The Hall–Kier alpha value is -0.0800. The fourth-order valence-corrected chi connectivity index (χ4v) is 2.77. The van der Waals surface area contributed by atoms with Crippen LogP contribution in [-0.2, 0) is 0 Å². The van der Waals surface area contributed by atoms with Crippen LogP contribution in [-0.4, -0.2) is 30.6 Å². The van der Waals surface area contributed by atoms with E-state index in [4.69, 9.17) is 5.73 Å². The normalized spacial score (nSPS) is 13.7. The van der Waals surface area contributed by atoms with Crippen molar-refractivity contribution in [1.29, 1.82) is 0 Å². The van der Waals surface area contributed by atoms with E-state index in [1.807, 2.05) is 0 Å². The van der Waals surface area contributed by atoms with Gasteiger partial charge in [0.1, 0.15) is 0 Å². The maximum Gasteiger partial charge on any atom is 0.00385 e. The molecule has 0 aromatic heterocycles. The standard InChI is InChI=1S/C17H38N2/c1-6-7-8-13-19(16(4)5)14-9-10-17(11-12-18)15(2)3/h15-17H,6-14,18H2,1-5H3. The van der Waals surface area contributed by atoms with Gasteiger partial charge >= 0.3 is 0 Å². The van der Waals surface area contributed by atoms with Crippen molar-refractivity contribution in [3.05, 3.63) is 0 Å². The minimum atomic E-state index is 0.684. The Morgan fingerprint density at radius 1 is 0.895 bits per heavy atom. The second-order valence-electron chi connectivity index (χ2n) is 6.56. The predicted molar refractivity (Wildman–Crippen MR) is 87.5 cm³/mol. The minimum Gasteiger partial charge on any atom is -0.330 e. The SMILES string of the molecule is CCCCCN(CCCC(CCN)C(C)C)C(C)C. The van der Waals surface area contributed by atoms with Crippen LogP contribution in [0.2, 0.25) is 0 Å². The van der Waals surface area contributed by atoms with Crippen LogP contribution in [0.1, 0.15) is 73.1 Å². The number of hydrogen-bond donors (Lipinski definition) is 1. The van der Waals surface area contributed by atoms with Crippen molar-refractivity contribution in [2.24, 2.45) is 17.6 Å². The van der Waals surface area contributed by atoms with Gasteiger partial charge in [0.15, 0.2) is 0 Å². The topological polar surface area (TPSA) is 29.3 Å². The summed E-state index contributed by atoms with van der Waals surface area (Å²) in [5, 5.41) is 0. The highest BCUT2D eigenvalue weighted by atomic mass is 15.1. The lowest BCUT2D eigenvalue weighted by Gasteiger charge is -2.28. The first kappa shape index (κ1) is 18.9. The van der Waals surface area contributed by atoms with Crippen molar-refractivity contribution in [3.63, 3.8) is 0 Å². The van der Waals surface area contributed by atoms with Crippen molar-refractivity contribution in [2.75, 3.05) is 19.6 Å². The van der Waals surface area contributed by atoms with Crippen LogP contribution in [0.3, 0.4) is 0 Å². The molecule has 1 atom stereocenters. The first-order valence-electron chi connectivity index (χ1n) is 8.47. The number of nitrogens with zero attached hydrogens (tertiary/aromatic N) is 1. The van der Waals surface area contributed by atoms with Crippen LogP contribution < -0.4 is 5.73 Å². The molecule has 0 aromatic rings. The molecule has 0 bridgehead atoms. The first-order chi connectivity index (χ1) is 9.02. The zero-order valence-electron chi connectivity index (χ0n) is 14.1. The number of nitrogens with two attached hydrogens (primary N) is 1. The summed E-state index contributed by atoms with van der Waals surface area (Å²) in [4.78, 5) is 2.65. The van der Waals surface area contributed by atoms with Gasteiger partial charge in [-0.05, 0) is 71.0 Å². The van der Waals surface area contributed by atoms with E-state index in [0.29, 0.717) is 6.04 Å². The highest BCUT2D eigenvalue weighted by Gasteiger charge is 2.14. The van der Waals surface area contributed by atoms with E-state index in [1.54, 1.807) is 0 Å². The van der Waals surface area contributed by atoms with Gasteiger partial charge in [-0.3, -0.25) is 0 Å². The molecule has 0 saturated heterocycles. The third-order valence-corrected chi connectivity index (χ3v) is 4.28. The number of rotatable bonds is 12. The van der Waals surface area contributed by atoms with Crippen LogP contribution in [0.5, 0.6) is 0 Å². The van der Waals surface area contributed by atoms with Crippen LogP contribution in [0.4, 0.5) is 0 Å². The van der Waals surface area contributed by atoms with Gasteiger partial charge in [-0.2, -0.15) is 0 Å². The van der Waals surface area contributed by atoms with Gasteiger partial charge in [-0.1, -0.05) is 33.6 Å². The van der Waals surface area contributed by atoms with Gasteiger partial charge in [-0.15, -0.1) is 0 Å². The fourth-order valence-electron chi connectivity index (χ4n) is 2.77. The largest absolute Gasteiger partial charge is 0.330 e. The van der Waals surface area contributed by atoms with E-state index in [9.17, 15) is 0 Å². The molecular formula is C17H38N2. The summed E-state index contributed by atoms with van der Waals surface area (Å²) in [6.07, 6.45) is 7.89. The van der Waals surface area contributed by atoms with Gasteiger partial charge in [0, 0.05) is 6.04 Å². The maximum atomic E-state index is 5.72. The van der Waals surface area contributed by atoms with E-state index in [2.05, 4.69) is 39.5 Å². The van der Waals surface area contributed by atoms with Crippen molar-refractivity contribution in [3.8, 4) is 0 Å². The lowest BCUT2D eigenvalue weighted by Crippen LogP contribution is -2.33. The number of hydrogen-bond acceptors (Lipinski definition) is 2. The molecule has 0 spiro atoms. The Labute approximate surface area is 122 Å². The minimum absolute atomic E-state index is 0.684. The molecule has 0 radical (unpaired) electrons. The number of unbranched alkanes of at least 4 members (excludes halogenated alkanes) is 2. The molecule has 2 heteroatoms. The maximum absolute atomic E-state index is 5.72. The monoisotopic (exact) mass is 270 g/mol. The molecule has 0 aliphatic heterocycles. The van der Waals surface area contributed by atoms with Crippen molar-refractivity contribution in [2.45, 2.75) is 79.2 Å². The van der Waals surface area contributed by atoms with Crippen LogP contribution in [0.15, 0.2) is 0 Å². The van der Waals surface area contributed by atoms with Crippen molar-refractivity contribution in [1.82, 2.24) is 4.90 Å². The predicted octanol–water partition coefficient (Wildman–Crippen LogP) is 4.29. The third kappa shape index (κ3) is 9.45. The van der Waals surface area contributed by atoms with E-state index in [-0.39, 0.29) is 0 Å². The van der Waals surface area contributed by atoms with E-state index in [1.165, 1.54) is 51.6 Å². The van der Waals surface area contributed by atoms with Crippen molar-refractivity contribution < 1.29 is 0 Å². The van der Waals surface area contributed by atoms with Crippen LogP contribution in [0.25, 0.3) is 0 Å². The molecule has 19 heavy (non-hydrogen) atoms. The summed E-state index contributed by atoms with van der Waals surface area (Å²) >= 11 is 0. The molecule has 0 aliphatic carbocycles. The summed E-state index contributed by atoms with van der Waals surface area (Å²) in [5.74, 6) is 1.59. The molecule has 0 saturated carbocycles. The summed E-state index contributed by atoms with van der Waals surface area (Å²) in [5.41, 5.74) is 5.72. The second kappa shape index (κ2) is 11.7. The van der Waals surface area contributed by atoms with E-state index < -0.39 is 0 Å². The highest BCUT2D eigenvalue weighted by Crippen LogP contribution is 2.20.